The van der Waals surface area contributed by atoms with Crippen molar-refractivity contribution in [2.45, 2.75) is 50.7 Å². The Morgan fingerprint density at radius 1 is 1.05 bits per heavy atom. The van der Waals surface area contributed by atoms with Crippen molar-refractivity contribution in [1.29, 1.82) is 0 Å². The summed E-state index contributed by atoms with van der Waals surface area (Å²) >= 11 is 0. The standard InChI is InChI=1S/C16H20N2O2.ClH/c1-10(19)11-2-4-12(5-3-11)16(20)18-15-8-13-6-7-14(9-15)17-13;/h2-5,13-15,17H,6-9H2,1H3,(H,18,20);1H. The van der Waals surface area contributed by atoms with Crippen LogP contribution >= 0.6 is 12.4 Å². The van der Waals surface area contributed by atoms with E-state index in [1.54, 1.807) is 24.3 Å². The number of carbonyl (C=O) groups is 2. The molecule has 1 aromatic rings. The first-order valence-corrected chi connectivity index (χ1v) is 7.30. The summed E-state index contributed by atoms with van der Waals surface area (Å²) in [6.07, 6.45) is 4.50. The van der Waals surface area contributed by atoms with Gasteiger partial charge in [0.1, 0.15) is 0 Å². The van der Waals surface area contributed by atoms with Crippen LogP contribution in [0.15, 0.2) is 24.3 Å². The molecule has 5 heteroatoms. The number of hydrogen-bond donors (Lipinski definition) is 2. The molecule has 1 amide bonds. The number of Topliss-reactive ketones (excluding diaryl/α,β-unsaturated/α-hetero) is 1. The van der Waals surface area contributed by atoms with Crippen LogP contribution < -0.4 is 10.6 Å². The van der Waals surface area contributed by atoms with E-state index in [1.165, 1.54) is 19.8 Å². The minimum Gasteiger partial charge on any atom is -0.349 e. The molecule has 2 saturated heterocycles. The van der Waals surface area contributed by atoms with E-state index in [2.05, 4.69) is 10.6 Å². The van der Waals surface area contributed by atoms with Gasteiger partial charge in [-0.2, -0.15) is 0 Å². The topological polar surface area (TPSA) is 58.2 Å². The molecular weight excluding hydrogens is 288 g/mol. The highest BCUT2D eigenvalue weighted by Crippen LogP contribution is 2.26. The fraction of sp³-hybridized carbons (Fsp3) is 0.500. The smallest absolute Gasteiger partial charge is 0.251 e. The van der Waals surface area contributed by atoms with E-state index in [0.29, 0.717) is 23.2 Å². The number of halogens is 1. The molecule has 2 bridgehead atoms. The van der Waals surface area contributed by atoms with Gasteiger partial charge in [-0.25, -0.2) is 0 Å². The first-order chi connectivity index (χ1) is 9.61. The molecule has 4 nitrogen and oxygen atoms in total. The van der Waals surface area contributed by atoms with Gasteiger partial charge in [0.05, 0.1) is 0 Å². The minimum atomic E-state index is -0.0357. The first kappa shape index (κ1) is 16.0. The second kappa shape index (κ2) is 6.58. The Balaban J connectivity index is 0.00000161. The molecule has 2 fully saturated rings. The summed E-state index contributed by atoms with van der Waals surface area (Å²) in [5.41, 5.74) is 1.27. The van der Waals surface area contributed by atoms with Crippen LogP contribution in [0.4, 0.5) is 0 Å². The summed E-state index contributed by atoms with van der Waals surface area (Å²) in [5.74, 6) is -0.0155. The molecule has 0 spiro atoms. The van der Waals surface area contributed by atoms with Gasteiger partial charge in [0, 0.05) is 29.3 Å². The van der Waals surface area contributed by atoms with Crippen molar-refractivity contribution in [1.82, 2.24) is 10.6 Å². The number of fused-ring (bicyclic) bond motifs is 2. The highest BCUT2D eigenvalue weighted by molar-refractivity contribution is 5.97. The van der Waals surface area contributed by atoms with Crippen LogP contribution in [0, 0.1) is 0 Å². The predicted molar refractivity (Wildman–Crippen MR) is 84.1 cm³/mol. The number of amides is 1. The SMILES string of the molecule is CC(=O)c1ccc(C(=O)NC2CC3CCC(C2)N3)cc1.Cl. The number of ketones is 1. The van der Waals surface area contributed by atoms with Crippen LogP contribution in [0.25, 0.3) is 0 Å². The van der Waals surface area contributed by atoms with Crippen LogP contribution in [0.5, 0.6) is 0 Å². The number of rotatable bonds is 3. The molecule has 114 valence electrons. The maximum Gasteiger partial charge on any atom is 0.251 e. The Labute approximate surface area is 131 Å². The fourth-order valence-electron chi connectivity index (χ4n) is 3.30. The molecule has 1 aromatic carbocycles. The zero-order chi connectivity index (χ0) is 14.1. The molecule has 2 unspecified atom stereocenters. The molecular formula is C16H21ClN2O2. The molecule has 2 aliphatic rings. The third-order valence-electron chi connectivity index (χ3n) is 4.36. The van der Waals surface area contributed by atoms with E-state index in [1.807, 2.05) is 0 Å². The van der Waals surface area contributed by atoms with Crippen LogP contribution in [0.3, 0.4) is 0 Å². The van der Waals surface area contributed by atoms with Crippen molar-refractivity contribution in [3.8, 4) is 0 Å². The van der Waals surface area contributed by atoms with E-state index >= 15 is 0 Å². The van der Waals surface area contributed by atoms with E-state index in [9.17, 15) is 9.59 Å². The molecule has 21 heavy (non-hydrogen) atoms. The number of benzene rings is 1. The van der Waals surface area contributed by atoms with Gasteiger partial charge in [0.25, 0.3) is 5.91 Å². The van der Waals surface area contributed by atoms with Crippen LogP contribution in [-0.2, 0) is 0 Å². The number of nitrogens with one attached hydrogen (secondary N) is 2. The lowest BCUT2D eigenvalue weighted by Gasteiger charge is -2.29. The normalized spacial score (nSPS) is 26.8. The molecule has 2 atom stereocenters. The van der Waals surface area contributed by atoms with E-state index in [-0.39, 0.29) is 30.1 Å². The van der Waals surface area contributed by atoms with Crippen LogP contribution in [0.2, 0.25) is 0 Å². The van der Waals surface area contributed by atoms with E-state index in [0.717, 1.165) is 12.8 Å². The van der Waals surface area contributed by atoms with Crippen molar-refractivity contribution in [2.75, 3.05) is 0 Å². The summed E-state index contributed by atoms with van der Waals surface area (Å²) < 4.78 is 0. The van der Waals surface area contributed by atoms with E-state index in [4.69, 9.17) is 0 Å². The number of piperidine rings is 1. The summed E-state index contributed by atoms with van der Waals surface area (Å²) in [5, 5.41) is 6.69. The Hall–Kier alpha value is -1.39. The van der Waals surface area contributed by atoms with Gasteiger partial charge in [-0.05, 0) is 44.7 Å². The molecule has 0 aromatic heterocycles. The van der Waals surface area contributed by atoms with Gasteiger partial charge in [-0.3, -0.25) is 9.59 Å². The second-order valence-electron chi connectivity index (χ2n) is 5.91. The average Bonchev–Trinajstić information content (AvgIpc) is 2.78. The van der Waals surface area contributed by atoms with Gasteiger partial charge < -0.3 is 10.6 Å². The minimum absolute atomic E-state index is 0. The third kappa shape index (κ3) is 3.63. The predicted octanol–water partition coefficient (Wildman–Crippen LogP) is 2.32. The maximum absolute atomic E-state index is 12.2. The van der Waals surface area contributed by atoms with Crippen molar-refractivity contribution in [3.63, 3.8) is 0 Å². The zero-order valence-corrected chi connectivity index (χ0v) is 12.9. The number of hydrogen-bond acceptors (Lipinski definition) is 3. The molecule has 2 heterocycles. The molecule has 3 rings (SSSR count). The lowest BCUT2D eigenvalue weighted by molar-refractivity contribution is 0.0922. The van der Waals surface area contributed by atoms with Gasteiger partial charge in [-0.1, -0.05) is 12.1 Å². The molecule has 2 N–H and O–H groups in total. The maximum atomic E-state index is 12.2. The lowest BCUT2D eigenvalue weighted by atomic mass is 9.99. The second-order valence-corrected chi connectivity index (χ2v) is 5.91. The van der Waals surface area contributed by atoms with Gasteiger partial charge in [-0.15, -0.1) is 12.4 Å². The third-order valence-corrected chi connectivity index (χ3v) is 4.36. The molecule has 0 radical (unpaired) electrons. The highest BCUT2D eigenvalue weighted by atomic mass is 35.5. The monoisotopic (exact) mass is 308 g/mol. The quantitative estimate of drug-likeness (QED) is 0.843. The summed E-state index contributed by atoms with van der Waals surface area (Å²) in [7, 11) is 0. The first-order valence-electron chi connectivity index (χ1n) is 7.30. The highest BCUT2D eigenvalue weighted by Gasteiger charge is 2.34. The molecule has 0 saturated carbocycles. The summed E-state index contributed by atoms with van der Waals surface area (Å²) in [4.78, 5) is 23.4. The lowest BCUT2D eigenvalue weighted by Crippen LogP contribution is -2.48. The Bertz CT molecular complexity index is 518. The summed E-state index contributed by atoms with van der Waals surface area (Å²) in [6, 6.07) is 8.28. The van der Waals surface area contributed by atoms with Gasteiger partial charge >= 0.3 is 0 Å². The van der Waals surface area contributed by atoms with Crippen molar-refractivity contribution >= 4 is 24.1 Å². The van der Waals surface area contributed by atoms with Crippen molar-refractivity contribution in [2.24, 2.45) is 0 Å². The Kier molecular flexibility index (Phi) is 5.01. The Morgan fingerprint density at radius 2 is 1.57 bits per heavy atom. The largest absolute Gasteiger partial charge is 0.349 e. The zero-order valence-electron chi connectivity index (χ0n) is 12.1. The summed E-state index contributed by atoms with van der Waals surface area (Å²) in [6.45, 7) is 1.53. The molecule has 0 aliphatic carbocycles. The van der Waals surface area contributed by atoms with Gasteiger partial charge in [0.2, 0.25) is 0 Å². The van der Waals surface area contributed by atoms with Crippen molar-refractivity contribution < 1.29 is 9.59 Å². The van der Waals surface area contributed by atoms with Crippen LogP contribution in [-0.4, -0.2) is 29.8 Å². The fourth-order valence-corrected chi connectivity index (χ4v) is 3.30. The van der Waals surface area contributed by atoms with Crippen LogP contribution in [0.1, 0.15) is 53.3 Å². The van der Waals surface area contributed by atoms with Gasteiger partial charge in [0.15, 0.2) is 5.78 Å². The Morgan fingerprint density at radius 3 is 2.10 bits per heavy atom. The van der Waals surface area contributed by atoms with Crippen molar-refractivity contribution in [3.05, 3.63) is 35.4 Å². The van der Waals surface area contributed by atoms with E-state index < -0.39 is 0 Å². The average molecular weight is 309 g/mol. The molecule has 2 aliphatic heterocycles. The number of carbonyl (C=O) groups excluding carboxylic acids is 2.